The van der Waals surface area contributed by atoms with Crippen LogP contribution < -0.4 is 0 Å². The molecule has 0 radical (unpaired) electrons. The number of hydrogen-bond acceptors (Lipinski definition) is 4. The Labute approximate surface area is 99.5 Å². The molecule has 2 rings (SSSR count). The van der Waals surface area contributed by atoms with E-state index in [1.54, 1.807) is 20.8 Å². The molecule has 1 aliphatic carbocycles. The Kier molecular flexibility index (Phi) is 2.77. The van der Waals surface area contributed by atoms with Crippen LogP contribution in [-0.2, 0) is 14.3 Å². The highest BCUT2D eigenvalue weighted by Crippen LogP contribution is 2.42. The van der Waals surface area contributed by atoms with Gasteiger partial charge in [0.2, 0.25) is 0 Å². The highest BCUT2D eigenvalue weighted by atomic mass is 16.6. The van der Waals surface area contributed by atoms with Crippen molar-refractivity contribution in [3.63, 3.8) is 0 Å². The Morgan fingerprint density at radius 1 is 1.41 bits per heavy atom. The maximum atomic E-state index is 11.9. The normalized spacial score (nSPS) is 31.7. The molecule has 1 amide bonds. The fourth-order valence-electron chi connectivity index (χ4n) is 2.10. The molecule has 1 saturated heterocycles. The van der Waals surface area contributed by atoms with Crippen LogP contribution >= 0.6 is 0 Å². The van der Waals surface area contributed by atoms with E-state index in [1.807, 2.05) is 0 Å². The Hall–Kier alpha value is -1.30. The zero-order valence-corrected chi connectivity index (χ0v) is 10.2. The number of carbonyl (C=O) groups is 2. The second kappa shape index (κ2) is 3.87. The third-order valence-electron chi connectivity index (χ3n) is 2.83. The van der Waals surface area contributed by atoms with Gasteiger partial charge >= 0.3 is 12.1 Å². The number of hydrogen-bond donors (Lipinski definition) is 1. The molecule has 2 fully saturated rings. The lowest BCUT2D eigenvalue weighted by molar-refractivity contribution is -0.139. The minimum Gasteiger partial charge on any atom is -0.481 e. The summed E-state index contributed by atoms with van der Waals surface area (Å²) in [5, 5.41) is 8.96. The van der Waals surface area contributed by atoms with Crippen molar-refractivity contribution < 1.29 is 24.2 Å². The van der Waals surface area contributed by atoms with Crippen LogP contribution in [0.4, 0.5) is 4.79 Å². The Morgan fingerprint density at radius 2 is 2.06 bits per heavy atom. The van der Waals surface area contributed by atoms with E-state index in [1.165, 1.54) is 4.90 Å². The molecule has 0 unspecified atom stereocenters. The van der Waals surface area contributed by atoms with Crippen molar-refractivity contribution in [2.24, 2.45) is 5.92 Å². The monoisotopic (exact) mass is 243 g/mol. The Bertz CT molecular complexity index is 348. The van der Waals surface area contributed by atoms with Crippen LogP contribution in [0.25, 0.3) is 0 Å². The van der Waals surface area contributed by atoms with Gasteiger partial charge in [-0.2, -0.15) is 0 Å². The molecule has 1 saturated carbocycles. The summed E-state index contributed by atoms with van der Waals surface area (Å²) in [7, 11) is 0. The first-order valence-corrected chi connectivity index (χ1v) is 5.65. The second-order valence-corrected chi connectivity index (χ2v) is 5.36. The van der Waals surface area contributed by atoms with Crippen molar-refractivity contribution >= 4 is 12.1 Å². The molecule has 1 heterocycles. The average molecular weight is 243 g/mol. The maximum Gasteiger partial charge on any atom is 0.410 e. The molecular formula is C11H17NO5. The smallest absolute Gasteiger partial charge is 0.410 e. The standard InChI is InChI=1S/C11H17NO5/c1-11(2,3)17-10(15)12-4-5-16-8-6(7(8)12)9(13)14/h6-8H,4-5H2,1-3H3,(H,13,14)/t6-,7+,8+/m0/s1. The van der Waals surface area contributed by atoms with Gasteiger partial charge in [0.1, 0.15) is 11.5 Å². The molecule has 0 spiro atoms. The molecule has 0 aromatic carbocycles. The van der Waals surface area contributed by atoms with Crippen molar-refractivity contribution in [2.45, 2.75) is 38.5 Å². The molecule has 6 nitrogen and oxygen atoms in total. The van der Waals surface area contributed by atoms with Crippen molar-refractivity contribution in [1.29, 1.82) is 0 Å². The van der Waals surface area contributed by atoms with Crippen LogP contribution in [0, 0.1) is 5.92 Å². The first-order chi connectivity index (χ1) is 7.81. The molecule has 17 heavy (non-hydrogen) atoms. The number of carbonyl (C=O) groups excluding carboxylic acids is 1. The number of morpholine rings is 1. The summed E-state index contributed by atoms with van der Waals surface area (Å²) in [6.45, 7) is 6.10. The molecule has 2 aliphatic rings. The second-order valence-electron chi connectivity index (χ2n) is 5.36. The topological polar surface area (TPSA) is 76.1 Å². The molecule has 3 atom stereocenters. The highest BCUT2D eigenvalue weighted by Gasteiger charge is 2.63. The number of aliphatic carboxylic acids is 1. The zero-order valence-electron chi connectivity index (χ0n) is 10.2. The molecule has 96 valence electrons. The lowest BCUT2D eigenvalue weighted by Crippen LogP contribution is -2.44. The number of amides is 1. The van der Waals surface area contributed by atoms with Gasteiger partial charge in [-0.3, -0.25) is 9.69 Å². The fraction of sp³-hybridized carbons (Fsp3) is 0.818. The lowest BCUT2D eigenvalue weighted by atomic mass is 10.2. The summed E-state index contributed by atoms with van der Waals surface area (Å²) in [6, 6.07) is -0.365. The number of carboxylic acid groups (broad SMARTS) is 1. The van der Waals surface area contributed by atoms with Gasteiger partial charge in [-0.15, -0.1) is 0 Å². The highest BCUT2D eigenvalue weighted by molar-refractivity contribution is 5.79. The van der Waals surface area contributed by atoms with E-state index in [0.29, 0.717) is 13.2 Å². The van der Waals surface area contributed by atoms with Gasteiger partial charge in [0.15, 0.2) is 0 Å². The van der Waals surface area contributed by atoms with Gasteiger partial charge in [0.25, 0.3) is 0 Å². The summed E-state index contributed by atoms with van der Waals surface area (Å²) in [5.41, 5.74) is -0.571. The van der Waals surface area contributed by atoms with Gasteiger partial charge in [0.05, 0.1) is 18.8 Å². The Morgan fingerprint density at radius 3 is 2.59 bits per heavy atom. The van der Waals surface area contributed by atoms with Crippen LogP contribution in [0.3, 0.4) is 0 Å². The Balaban J connectivity index is 2.02. The fourth-order valence-corrected chi connectivity index (χ4v) is 2.10. The maximum absolute atomic E-state index is 11.9. The van der Waals surface area contributed by atoms with Crippen molar-refractivity contribution in [1.82, 2.24) is 4.90 Å². The van der Waals surface area contributed by atoms with Crippen LogP contribution in [0.2, 0.25) is 0 Å². The largest absolute Gasteiger partial charge is 0.481 e. The lowest BCUT2D eigenvalue weighted by Gasteiger charge is -2.29. The van der Waals surface area contributed by atoms with E-state index in [2.05, 4.69) is 0 Å². The van der Waals surface area contributed by atoms with Crippen LogP contribution in [0.5, 0.6) is 0 Å². The average Bonchev–Trinajstić information content (AvgIpc) is 2.87. The van der Waals surface area contributed by atoms with E-state index in [9.17, 15) is 9.59 Å². The van der Waals surface area contributed by atoms with Gasteiger partial charge in [0, 0.05) is 6.54 Å². The van der Waals surface area contributed by atoms with E-state index >= 15 is 0 Å². The first kappa shape index (κ1) is 12.2. The minimum atomic E-state index is -0.921. The summed E-state index contributed by atoms with van der Waals surface area (Å²) < 4.78 is 10.5. The van der Waals surface area contributed by atoms with Crippen LogP contribution in [-0.4, -0.2) is 53.0 Å². The van der Waals surface area contributed by atoms with Crippen molar-refractivity contribution in [3.8, 4) is 0 Å². The SMILES string of the molecule is CC(C)(C)OC(=O)N1CCO[C@@H]2[C@@H](C(=O)O)[C@H]21. The third-order valence-corrected chi connectivity index (χ3v) is 2.83. The summed E-state index contributed by atoms with van der Waals surface area (Å²) >= 11 is 0. The molecular weight excluding hydrogens is 226 g/mol. The predicted octanol–water partition coefficient (Wildman–Crippen LogP) is 0.705. The minimum absolute atomic E-state index is 0.365. The summed E-state index contributed by atoms with van der Waals surface area (Å²) in [6.07, 6.45) is -0.826. The molecule has 0 bridgehead atoms. The van der Waals surface area contributed by atoms with Gasteiger partial charge in [-0.1, -0.05) is 0 Å². The van der Waals surface area contributed by atoms with Gasteiger partial charge < -0.3 is 14.6 Å². The number of nitrogens with zero attached hydrogens (tertiary/aromatic N) is 1. The van der Waals surface area contributed by atoms with Crippen molar-refractivity contribution in [2.75, 3.05) is 13.2 Å². The number of rotatable bonds is 1. The summed E-state index contributed by atoms with van der Waals surface area (Å²) in [4.78, 5) is 24.3. The number of fused-ring (bicyclic) bond motifs is 1. The summed E-state index contributed by atoms with van der Waals surface area (Å²) in [5.74, 6) is -1.53. The molecule has 6 heteroatoms. The molecule has 1 aliphatic heterocycles. The van der Waals surface area contributed by atoms with E-state index < -0.39 is 23.6 Å². The van der Waals surface area contributed by atoms with Crippen LogP contribution in [0.15, 0.2) is 0 Å². The number of ether oxygens (including phenoxy) is 2. The van der Waals surface area contributed by atoms with Crippen molar-refractivity contribution in [3.05, 3.63) is 0 Å². The molecule has 1 N–H and O–H groups in total. The molecule has 0 aromatic heterocycles. The number of carboxylic acids is 1. The van der Waals surface area contributed by atoms with E-state index in [0.717, 1.165) is 0 Å². The quantitative estimate of drug-likeness (QED) is 0.733. The first-order valence-electron chi connectivity index (χ1n) is 5.65. The van der Waals surface area contributed by atoms with Gasteiger partial charge in [-0.25, -0.2) is 4.79 Å². The predicted molar refractivity (Wildman–Crippen MR) is 57.6 cm³/mol. The molecule has 0 aromatic rings. The van der Waals surface area contributed by atoms with Gasteiger partial charge in [-0.05, 0) is 20.8 Å². The van der Waals surface area contributed by atoms with E-state index in [4.69, 9.17) is 14.6 Å². The zero-order chi connectivity index (χ0) is 12.8. The van der Waals surface area contributed by atoms with Crippen LogP contribution in [0.1, 0.15) is 20.8 Å². The third kappa shape index (κ3) is 2.36. The van der Waals surface area contributed by atoms with E-state index in [-0.39, 0.29) is 12.1 Å².